The van der Waals surface area contributed by atoms with Crippen LogP contribution in [0, 0.1) is 12.8 Å². The minimum absolute atomic E-state index is 0.134. The number of allylic oxidation sites excluding steroid dienone is 1. The van der Waals surface area contributed by atoms with Gasteiger partial charge in [-0.2, -0.15) is 0 Å². The number of ether oxygens (including phenoxy) is 1. The number of esters is 1. The summed E-state index contributed by atoms with van der Waals surface area (Å²) in [6.45, 7) is 11.5. The number of piperidine rings is 1. The summed E-state index contributed by atoms with van der Waals surface area (Å²) in [7, 11) is 0. The van der Waals surface area contributed by atoms with Gasteiger partial charge in [0, 0.05) is 18.8 Å². The first-order chi connectivity index (χ1) is 15.7. The van der Waals surface area contributed by atoms with Crippen LogP contribution in [0.15, 0.2) is 51.6 Å². The Balaban J connectivity index is 1.66. The Bertz CT molecular complexity index is 1020. The molecule has 0 saturated carbocycles. The van der Waals surface area contributed by atoms with Crippen molar-refractivity contribution in [3.05, 3.63) is 57.8 Å². The van der Waals surface area contributed by atoms with Gasteiger partial charge in [-0.05, 0) is 57.4 Å². The minimum atomic E-state index is -0.375. The summed E-state index contributed by atoms with van der Waals surface area (Å²) in [4.78, 5) is 35.1. The number of carbonyl (C=O) groups is 2. The van der Waals surface area contributed by atoms with Crippen LogP contribution in [-0.2, 0) is 14.3 Å². The number of aliphatic imine (C=N–C) groups is 1. The van der Waals surface area contributed by atoms with Crippen molar-refractivity contribution in [2.75, 3.05) is 13.1 Å². The zero-order chi connectivity index (χ0) is 23.7. The van der Waals surface area contributed by atoms with E-state index >= 15 is 0 Å². The smallest absolute Gasteiger partial charge is 0.338 e. The molecule has 0 radical (unpaired) electrons. The van der Waals surface area contributed by atoms with Crippen molar-refractivity contribution in [2.24, 2.45) is 10.9 Å². The third-order valence-corrected chi connectivity index (χ3v) is 7.31. The number of thioether (sulfide) groups is 1. The first-order valence-electron chi connectivity index (χ1n) is 11.7. The van der Waals surface area contributed by atoms with Crippen molar-refractivity contribution in [1.82, 2.24) is 9.80 Å². The first-order valence-corrected chi connectivity index (χ1v) is 12.6. The summed E-state index contributed by atoms with van der Waals surface area (Å²) in [6.07, 6.45) is 2.17. The Morgan fingerprint density at radius 2 is 1.82 bits per heavy atom. The highest BCUT2D eigenvalue weighted by Gasteiger charge is 2.41. The zero-order valence-electron chi connectivity index (χ0n) is 20.1. The van der Waals surface area contributed by atoms with Crippen molar-refractivity contribution >= 4 is 28.8 Å². The highest BCUT2D eigenvalue weighted by Crippen LogP contribution is 2.45. The molecule has 3 heterocycles. The van der Waals surface area contributed by atoms with Crippen LogP contribution in [0.25, 0.3) is 0 Å². The van der Waals surface area contributed by atoms with Gasteiger partial charge in [-0.3, -0.25) is 4.79 Å². The number of likely N-dealkylation sites (tertiary alicyclic amines) is 1. The summed E-state index contributed by atoms with van der Waals surface area (Å²) in [6, 6.07) is 7.82. The molecule has 0 N–H and O–H groups in total. The molecule has 4 rings (SSSR count). The molecule has 176 valence electrons. The molecule has 1 saturated heterocycles. The topological polar surface area (TPSA) is 62.2 Å². The number of amides is 1. The van der Waals surface area contributed by atoms with Crippen molar-refractivity contribution in [2.45, 2.75) is 66.0 Å². The van der Waals surface area contributed by atoms with E-state index in [0.717, 1.165) is 47.9 Å². The monoisotopic (exact) mass is 467 g/mol. The number of benzene rings is 1. The Labute approximate surface area is 200 Å². The number of carbonyl (C=O) groups excluding carboxylic acids is 2. The lowest BCUT2D eigenvalue weighted by molar-refractivity contribution is -0.143. The third-order valence-electron chi connectivity index (χ3n) is 6.43. The van der Waals surface area contributed by atoms with E-state index in [2.05, 4.69) is 11.8 Å². The summed E-state index contributed by atoms with van der Waals surface area (Å²) >= 11 is 1.51. The van der Waals surface area contributed by atoms with Gasteiger partial charge in [0.15, 0.2) is 5.17 Å². The number of hydrogen-bond acceptors (Lipinski definition) is 6. The molecule has 3 aliphatic heterocycles. The maximum absolute atomic E-state index is 13.2. The van der Waals surface area contributed by atoms with Crippen molar-refractivity contribution in [1.29, 1.82) is 0 Å². The lowest BCUT2D eigenvalue weighted by Gasteiger charge is -2.37. The quantitative estimate of drug-likeness (QED) is 0.559. The van der Waals surface area contributed by atoms with Crippen LogP contribution in [0.1, 0.15) is 64.1 Å². The highest BCUT2D eigenvalue weighted by molar-refractivity contribution is 8.16. The number of amidine groups is 1. The number of aryl methyl sites for hydroxylation is 1. The van der Waals surface area contributed by atoms with Crippen molar-refractivity contribution in [3.8, 4) is 0 Å². The number of nitrogens with zero attached hydrogens (tertiary/aromatic N) is 3. The molecule has 6 nitrogen and oxygen atoms in total. The molecule has 7 heteroatoms. The first kappa shape index (κ1) is 23.6. The van der Waals surface area contributed by atoms with Crippen LogP contribution >= 0.6 is 11.8 Å². The van der Waals surface area contributed by atoms with E-state index in [-0.39, 0.29) is 24.0 Å². The summed E-state index contributed by atoms with van der Waals surface area (Å²) in [5, 5.41) is 2.81. The van der Waals surface area contributed by atoms with E-state index in [4.69, 9.17) is 9.73 Å². The Kier molecular flexibility index (Phi) is 6.98. The second kappa shape index (κ2) is 9.75. The highest BCUT2D eigenvalue weighted by atomic mass is 32.2. The fraction of sp³-hybridized carbons (Fsp3) is 0.500. The van der Waals surface area contributed by atoms with E-state index in [1.165, 1.54) is 11.8 Å². The second-order valence-corrected chi connectivity index (χ2v) is 10.3. The Morgan fingerprint density at radius 3 is 2.45 bits per heavy atom. The van der Waals surface area contributed by atoms with Crippen LogP contribution in [0.5, 0.6) is 0 Å². The van der Waals surface area contributed by atoms with Gasteiger partial charge >= 0.3 is 5.97 Å². The van der Waals surface area contributed by atoms with Crippen molar-refractivity contribution < 1.29 is 14.3 Å². The number of fused-ring (bicyclic) bond motifs is 1. The third kappa shape index (κ3) is 5.03. The summed E-state index contributed by atoms with van der Waals surface area (Å²) < 4.78 is 5.61. The largest absolute Gasteiger partial charge is 0.459 e. The standard InChI is InChI=1S/C26H33N3O3S/c1-16(2)32-25(31)23-19(5)27-26-29(24(23)20-8-6-17(3)7-9-20)21(15-33-26)14-22(30)28-12-10-18(4)11-13-28/h6-9,15-16,18,24H,10-14H2,1-5H3. The van der Waals surface area contributed by atoms with E-state index in [1.807, 2.05) is 62.3 Å². The zero-order valence-corrected chi connectivity index (χ0v) is 20.9. The SMILES string of the molecule is CC1=C(C(=O)OC(C)C)C(c2ccc(C)cc2)N2C(CC(=O)N3CCC(C)CC3)=CSC2=N1. The van der Waals surface area contributed by atoms with Gasteiger partial charge in [0.1, 0.15) is 0 Å². The van der Waals surface area contributed by atoms with Crippen LogP contribution < -0.4 is 0 Å². The summed E-state index contributed by atoms with van der Waals surface area (Å²) in [5.41, 5.74) is 4.21. The Morgan fingerprint density at radius 1 is 1.15 bits per heavy atom. The van der Waals surface area contributed by atoms with E-state index in [0.29, 0.717) is 23.6 Å². The van der Waals surface area contributed by atoms with E-state index in [1.54, 1.807) is 0 Å². The molecule has 0 spiro atoms. The normalized spacial score (nSPS) is 21.2. The van der Waals surface area contributed by atoms with Crippen LogP contribution in [-0.4, -0.2) is 46.0 Å². The molecule has 0 aromatic heterocycles. The average molecular weight is 468 g/mol. The van der Waals surface area contributed by atoms with Gasteiger partial charge < -0.3 is 14.5 Å². The van der Waals surface area contributed by atoms with Crippen LogP contribution in [0.4, 0.5) is 0 Å². The molecule has 33 heavy (non-hydrogen) atoms. The second-order valence-electron chi connectivity index (χ2n) is 9.50. The molecule has 3 aliphatic rings. The van der Waals surface area contributed by atoms with Gasteiger partial charge in [-0.1, -0.05) is 48.5 Å². The fourth-order valence-electron chi connectivity index (χ4n) is 4.50. The van der Waals surface area contributed by atoms with Gasteiger partial charge in [0.25, 0.3) is 0 Å². The number of hydrogen-bond donors (Lipinski definition) is 0. The fourth-order valence-corrected chi connectivity index (χ4v) is 5.46. The summed E-state index contributed by atoms with van der Waals surface area (Å²) in [5.74, 6) is 0.448. The van der Waals surface area contributed by atoms with E-state index in [9.17, 15) is 9.59 Å². The average Bonchev–Trinajstić information content (AvgIpc) is 3.15. The van der Waals surface area contributed by atoms with Gasteiger partial charge in [-0.25, -0.2) is 9.79 Å². The molecular weight excluding hydrogens is 434 g/mol. The molecule has 0 aliphatic carbocycles. The van der Waals surface area contributed by atoms with E-state index < -0.39 is 0 Å². The lowest BCUT2D eigenvalue weighted by Crippen LogP contribution is -2.41. The maximum atomic E-state index is 13.2. The predicted octanol–water partition coefficient (Wildman–Crippen LogP) is 5.17. The molecule has 1 fully saturated rings. The van der Waals surface area contributed by atoms with Crippen LogP contribution in [0.2, 0.25) is 0 Å². The number of rotatable bonds is 5. The molecule has 1 amide bonds. The van der Waals surface area contributed by atoms with Crippen molar-refractivity contribution in [3.63, 3.8) is 0 Å². The molecule has 1 atom stereocenters. The van der Waals surface area contributed by atoms with Gasteiger partial charge in [-0.15, -0.1) is 0 Å². The van der Waals surface area contributed by atoms with Crippen LogP contribution in [0.3, 0.4) is 0 Å². The predicted molar refractivity (Wildman–Crippen MR) is 132 cm³/mol. The minimum Gasteiger partial charge on any atom is -0.459 e. The van der Waals surface area contributed by atoms with Gasteiger partial charge in [0.05, 0.1) is 29.8 Å². The molecule has 1 unspecified atom stereocenters. The maximum Gasteiger partial charge on any atom is 0.338 e. The molecule has 1 aromatic rings. The van der Waals surface area contributed by atoms with Gasteiger partial charge in [0.2, 0.25) is 5.91 Å². The molecule has 1 aromatic carbocycles. The molecule has 0 bridgehead atoms. The lowest BCUT2D eigenvalue weighted by atomic mass is 9.93. The molecular formula is C26H33N3O3S. The Hall–Kier alpha value is -2.54.